The molecule has 0 fully saturated rings. The summed E-state index contributed by atoms with van der Waals surface area (Å²) in [5.74, 6) is 0. The van der Waals surface area contributed by atoms with Crippen LogP contribution in [0, 0.1) is 6.92 Å². The van der Waals surface area contributed by atoms with Crippen LogP contribution in [0.25, 0.3) is 16.9 Å². The number of hydrogen-bond donors (Lipinski definition) is 0. The second-order valence-electron chi connectivity index (χ2n) is 4.03. The van der Waals surface area contributed by atoms with Crippen LogP contribution >= 0.6 is 15.9 Å². The van der Waals surface area contributed by atoms with E-state index in [4.69, 9.17) is 0 Å². The van der Waals surface area contributed by atoms with Gasteiger partial charge in [-0.05, 0) is 31.2 Å². The molecule has 0 saturated heterocycles. The molecule has 2 nitrogen and oxygen atoms in total. The van der Waals surface area contributed by atoms with Crippen molar-refractivity contribution in [1.82, 2.24) is 9.38 Å². The predicted octanol–water partition coefficient (Wildman–Crippen LogP) is 1.08. The normalized spacial score (nSPS) is 10.3. The highest BCUT2D eigenvalue weighted by atomic mass is 79.9. The molecule has 3 rings (SSSR count). The van der Waals surface area contributed by atoms with E-state index in [0.29, 0.717) is 0 Å². The van der Waals surface area contributed by atoms with Crippen molar-refractivity contribution >= 4 is 21.6 Å². The number of halogens is 2. The summed E-state index contributed by atoms with van der Waals surface area (Å²) in [6.07, 6.45) is 2.08. The van der Waals surface area contributed by atoms with E-state index >= 15 is 0 Å². The number of rotatable bonds is 1. The van der Waals surface area contributed by atoms with Gasteiger partial charge in [0.25, 0.3) is 0 Å². The number of aromatic nitrogens is 2. The maximum Gasteiger partial charge on any atom is 0.137 e. The predicted molar refractivity (Wildman–Crippen MR) is 73.1 cm³/mol. The number of aryl methyl sites for hydroxylation is 1. The molecule has 2 aromatic heterocycles. The van der Waals surface area contributed by atoms with E-state index in [2.05, 4.69) is 56.6 Å². The number of benzene rings is 1. The smallest absolute Gasteiger partial charge is 0.137 e. The average Bonchev–Trinajstić information content (AvgIpc) is 2.75. The Hall–Kier alpha value is -1.13. The van der Waals surface area contributed by atoms with E-state index in [0.717, 1.165) is 21.4 Å². The molecule has 0 radical (unpaired) electrons. The van der Waals surface area contributed by atoms with E-state index < -0.39 is 0 Å². The van der Waals surface area contributed by atoms with Crippen molar-refractivity contribution in [3.8, 4) is 11.3 Å². The number of nitrogens with zero attached hydrogens (tertiary/aromatic N) is 2. The molecule has 2 heterocycles. The molecule has 0 aliphatic carbocycles. The first-order chi connectivity index (χ1) is 8.24. The zero-order valence-electron chi connectivity index (χ0n) is 9.77. The SMILES string of the molecule is Cc1cccc2nc(-c3ccc(Br)cc3)cn12.[Br-]. The Bertz CT molecular complexity index is 672. The third-order valence-corrected chi connectivity index (χ3v) is 3.36. The van der Waals surface area contributed by atoms with Gasteiger partial charge in [0.2, 0.25) is 0 Å². The number of hydrogen-bond acceptors (Lipinski definition) is 1. The fourth-order valence-corrected chi connectivity index (χ4v) is 2.17. The number of pyridine rings is 1. The van der Waals surface area contributed by atoms with Gasteiger partial charge in [0.05, 0.1) is 5.69 Å². The van der Waals surface area contributed by atoms with Crippen molar-refractivity contribution in [2.75, 3.05) is 0 Å². The van der Waals surface area contributed by atoms with Gasteiger partial charge in [0.15, 0.2) is 0 Å². The van der Waals surface area contributed by atoms with Gasteiger partial charge in [-0.25, -0.2) is 4.98 Å². The van der Waals surface area contributed by atoms with Crippen LogP contribution in [0.5, 0.6) is 0 Å². The van der Waals surface area contributed by atoms with E-state index in [1.165, 1.54) is 5.69 Å². The van der Waals surface area contributed by atoms with Crippen LogP contribution in [0.2, 0.25) is 0 Å². The van der Waals surface area contributed by atoms with Crippen LogP contribution in [-0.4, -0.2) is 9.38 Å². The molecule has 0 spiro atoms. The Morgan fingerprint density at radius 2 is 1.78 bits per heavy atom. The molecule has 18 heavy (non-hydrogen) atoms. The van der Waals surface area contributed by atoms with Crippen LogP contribution in [0.1, 0.15) is 5.69 Å². The largest absolute Gasteiger partial charge is 1.00 e. The van der Waals surface area contributed by atoms with Crippen LogP contribution < -0.4 is 17.0 Å². The van der Waals surface area contributed by atoms with Gasteiger partial charge in [-0.3, -0.25) is 0 Å². The lowest BCUT2D eigenvalue weighted by Crippen LogP contribution is -3.00. The maximum atomic E-state index is 4.62. The average molecular weight is 367 g/mol. The summed E-state index contributed by atoms with van der Waals surface area (Å²) in [7, 11) is 0. The highest BCUT2D eigenvalue weighted by Crippen LogP contribution is 2.22. The molecule has 3 aromatic rings. The molecule has 0 bridgehead atoms. The van der Waals surface area contributed by atoms with Gasteiger partial charge in [0.1, 0.15) is 5.65 Å². The summed E-state index contributed by atoms with van der Waals surface area (Å²) in [5.41, 5.74) is 4.32. The molecule has 1 aromatic carbocycles. The minimum atomic E-state index is 0. The van der Waals surface area contributed by atoms with E-state index in [1.807, 2.05) is 24.3 Å². The molecule has 0 atom stereocenters. The lowest BCUT2D eigenvalue weighted by Gasteiger charge is -1.96. The highest BCUT2D eigenvalue weighted by molar-refractivity contribution is 9.10. The summed E-state index contributed by atoms with van der Waals surface area (Å²) >= 11 is 3.44. The zero-order valence-corrected chi connectivity index (χ0v) is 12.9. The monoisotopic (exact) mass is 365 g/mol. The summed E-state index contributed by atoms with van der Waals surface area (Å²) in [6, 6.07) is 14.3. The van der Waals surface area contributed by atoms with Crippen LogP contribution in [0.15, 0.2) is 53.1 Å². The van der Waals surface area contributed by atoms with Crippen LogP contribution in [0.4, 0.5) is 0 Å². The molecule has 0 aliphatic rings. The standard InChI is InChI=1S/C14H11BrN2.BrH/c1-10-3-2-4-14-16-13(9-17(10)14)11-5-7-12(15)8-6-11;/h2-9H,1H3;1H/p-1. The quantitative estimate of drug-likeness (QED) is 0.630. The molecule has 0 unspecified atom stereocenters. The summed E-state index contributed by atoms with van der Waals surface area (Å²) in [4.78, 5) is 4.62. The van der Waals surface area contributed by atoms with Crippen molar-refractivity contribution < 1.29 is 17.0 Å². The third-order valence-electron chi connectivity index (χ3n) is 2.84. The Morgan fingerprint density at radius 3 is 2.44 bits per heavy atom. The Kier molecular flexibility index (Phi) is 3.88. The van der Waals surface area contributed by atoms with Crippen LogP contribution in [0.3, 0.4) is 0 Å². The first-order valence-corrected chi connectivity index (χ1v) is 6.24. The number of fused-ring (bicyclic) bond motifs is 1. The highest BCUT2D eigenvalue weighted by Gasteiger charge is 2.04. The van der Waals surface area contributed by atoms with Crippen molar-refractivity contribution in [3.05, 3.63) is 58.8 Å². The minimum absolute atomic E-state index is 0. The molecule has 0 saturated carbocycles. The first-order valence-electron chi connectivity index (χ1n) is 5.45. The summed E-state index contributed by atoms with van der Waals surface area (Å²) in [5, 5.41) is 0. The second-order valence-corrected chi connectivity index (χ2v) is 4.94. The van der Waals surface area contributed by atoms with Gasteiger partial charge in [-0.15, -0.1) is 0 Å². The van der Waals surface area contributed by atoms with E-state index in [9.17, 15) is 0 Å². The van der Waals surface area contributed by atoms with Crippen LogP contribution in [-0.2, 0) is 0 Å². The second kappa shape index (κ2) is 5.24. The van der Waals surface area contributed by atoms with Gasteiger partial charge < -0.3 is 21.4 Å². The molecule has 4 heteroatoms. The first kappa shape index (κ1) is 13.3. The van der Waals surface area contributed by atoms with Gasteiger partial charge in [-0.2, -0.15) is 0 Å². The van der Waals surface area contributed by atoms with E-state index in [-0.39, 0.29) is 17.0 Å². The fraction of sp³-hybridized carbons (Fsp3) is 0.0714. The molecular formula is C14H11Br2N2-. The molecule has 92 valence electrons. The van der Waals surface area contributed by atoms with Gasteiger partial charge in [0, 0.05) is 21.9 Å². The van der Waals surface area contributed by atoms with Crippen molar-refractivity contribution in [3.63, 3.8) is 0 Å². The Labute approximate surface area is 125 Å². The summed E-state index contributed by atoms with van der Waals surface area (Å²) < 4.78 is 3.19. The van der Waals surface area contributed by atoms with Crippen molar-refractivity contribution in [1.29, 1.82) is 0 Å². The molecule has 0 N–H and O–H groups in total. The number of imidazole rings is 1. The molecular weight excluding hydrogens is 356 g/mol. The summed E-state index contributed by atoms with van der Waals surface area (Å²) in [6.45, 7) is 2.08. The van der Waals surface area contributed by atoms with Crippen molar-refractivity contribution in [2.45, 2.75) is 6.92 Å². The van der Waals surface area contributed by atoms with Crippen molar-refractivity contribution in [2.24, 2.45) is 0 Å². The third kappa shape index (κ3) is 2.35. The minimum Gasteiger partial charge on any atom is -1.00 e. The topological polar surface area (TPSA) is 17.3 Å². The van der Waals surface area contributed by atoms with Gasteiger partial charge >= 0.3 is 0 Å². The Morgan fingerprint density at radius 1 is 1.06 bits per heavy atom. The van der Waals surface area contributed by atoms with E-state index in [1.54, 1.807) is 0 Å². The van der Waals surface area contributed by atoms with Gasteiger partial charge in [-0.1, -0.05) is 34.1 Å². The lowest BCUT2D eigenvalue weighted by molar-refractivity contribution is -0.00000342. The molecule has 0 amide bonds. The molecule has 0 aliphatic heterocycles. The lowest BCUT2D eigenvalue weighted by atomic mass is 10.2. The Balaban J connectivity index is 0.00000120. The fourth-order valence-electron chi connectivity index (χ4n) is 1.91. The zero-order chi connectivity index (χ0) is 11.8. The maximum absolute atomic E-state index is 4.62.